The molecule has 424 valence electrons. The average molecular weight is 1180 g/mol. The molecular weight excluding hydrogens is 1100 g/mol. The van der Waals surface area contributed by atoms with Gasteiger partial charge < -0.3 is 46.0 Å². The topological polar surface area (TPSA) is 207 Å². The summed E-state index contributed by atoms with van der Waals surface area (Å²) in [5, 5.41) is 7.00. The van der Waals surface area contributed by atoms with Gasteiger partial charge in [-0.25, -0.2) is 24.9 Å². The Balaban J connectivity index is -0.000000852. The van der Waals surface area contributed by atoms with E-state index in [2.05, 4.69) is 128 Å². The third-order valence-electron chi connectivity index (χ3n) is 13.2. The summed E-state index contributed by atoms with van der Waals surface area (Å²) in [6.45, 7) is 24.5. The van der Waals surface area contributed by atoms with Crippen LogP contribution in [0.5, 0.6) is 0 Å². The van der Waals surface area contributed by atoms with Gasteiger partial charge in [0.15, 0.2) is 0 Å². The van der Waals surface area contributed by atoms with E-state index in [-0.39, 0.29) is 95.5 Å². The van der Waals surface area contributed by atoms with Crippen molar-refractivity contribution in [2.24, 2.45) is 35.5 Å². The first-order chi connectivity index (χ1) is 35.7. The number of carbonyl (C=O) groups excluding carboxylic acids is 4. The van der Waals surface area contributed by atoms with Crippen molar-refractivity contribution in [3.8, 4) is 0 Å². The predicted octanol–water partition coefficient (Wildman–Crippen LogP) is 6.19. The largest absolute Gasteiger partial charge is 1.00 e. The number of aromatic nitrogens is 10. The zero-order valence-electron chi connectivity index (χ0n) is 47.7. The van der Waals surface area contributed by atoms with Gasteiger partial charge in [0, 0.05) is 85.7 Å². The Morgan fingerprint density at radius 3 is 1.44 bits per heavy atom. The number of rotatable bonds is 6. The summed E-state index contributed by atoms with van der Waals surface area (Å²) >= 11 is 3.37. The molecule has 0 aliphatic carbocycles. The second-order valence-corrected chi connectivity index (χ2v) is 20.3. The first-order valence-corrected chi connectivity index (χ1v) is 25.9. The molecule has 16 nitrogen and oxygen atoms in total. The Hall–Kier alpha value is -4.26. The molecule has 7 aromatic rings. The van der Waals surface area contributed by atoms with Gasteiger partial charge >= 0.3 is 89.5 Å². The number of allylic oxidation sites excluding steroid dienone is 2. The SMILES string of the molecule is Brc1ccc2cncn2c1.C.C=C(C)[B-](F)(F)F.C=C(C)c1ccc2cncn2c1.CC(C)C1CCc2cncn2C1.CC(C)C1CCc2cncn2C1.CCc1ncc2n1CC(C(C)C)CC2.CO.O=C=O.O=C=O.[K+].[Li+].[OH-]. The van der Waals surface area contributed by atoms with Crippen molar-refractivity contribution in [2.45, 2.75) is 134 Å². The zero-order valence-corrected chi connectivity index (χ0v) is 52.4. The number of aliphatic hydroxyl groups excluding tert-OH is 1. The smallest absolute Gasteiger partial charge is 0.870 e. The number of nitrogens with zero attached hydrogens (tertiary/aromatic N) is 10. The van der Waals surface area contributed by atoms with Crippen molar-refractivity contribution in [1.82, 2.24) is 47.4 Å². The fourth-order valence-corrected chi connectivity index (χ4v) is 8.66. The maximum atomic E-state index is 11.1. The average Bonchev–Trinajstić information content (AvgIpc) is 4.25. The number of hydrogen-bond acceptors (Lipinski definition) is 11. The number of imidazole rings is 5. The van der Waals surface area contributed by atoms with Crippen molar-refractivity contribution in [2.75, 3.05) is 7.11 Å². The van der Waals surface area contributed by atoms with Gasteiger partial charge in [0.25, 0.3) is 0 Å². The van der Waals surface area contributed by atoms with E-state index in [0.717, 1.165) is 82.6 Å². The van der Waals surface area contributed by atoms with Crippen LogP contribution in [0.2, 0.25) is 0 Å². The van der Waals surface area contributed by atoms with Crippen LogP contribution in [0.1, 0.15) is 117 Å². The maximum Gasteiger partial charge on any atom is 1.00 e. The molecule has 3 unspecified atom stereocenters. The third kappa shape index (κ3) is 27.4. The van der Waals surface area contributed by atoms with Gasteiger partial charge in [0.2, 0.25) is 0 Å². The molecule has 10 rings (SSSR count). The van der Waals surface area contributed by atoms with Crippen LogP contribution in [0.4, 0.5) is 12.9 Å². The van der Waals surface area contributed by atoms with Gasteiger partial charge in [-0.3, -0.25) is 0 Å². The van der Waals surface area contributed by atoms with Crippen molar-refractivity contribution in [3.05, 3.63) is 145 Å². The van der Waals surface area contributed by atoms with E-state index >= 15 is 0 Å². The normalized spacial score (nSPS) is 14.9. The second kappa shape index (κ2) is 41.7. The van der Waals surface area contributed by atoms with Crippen molar-refractivity contribution in [1.29, 1.82) is 0 Å². The van der Waals surface area contributed by atoms with E-state index in [9.17, 15) is 12.9 Å². The molecule has 23 heteroatoms. The standard InChI is InChI=1S/C12H20N2.2C10H16N2.C10H10N2.C7H5BrN2.C3H5BF3.2CO2.CH4O.CH4.K.Li.H2O/c1-4-12-13-7-11-6-5-10(9(2)3)8-14(11)12;3*1-8(2)9-3-4-10-5-11-7-12(10)6-9;8-6-1-2-7-3-9-5-10(7)4-6;1-3(2)4(5,6)7;2*2-1-3;1-2;;;;/h7,9-10H,4-6,8H2,1-3H3;2*5,7-9H,3-4,6H2,1-2H3;3-7H,1H2,2H3;1-5H;1H2,2H3;;;2H,1H3;1H4;;;1H2/q;;;;;-1;;;;;2*+1;/p-1. The molecule has 0 saturated heterocycles. The molecule has 2 N–H and O–H groups in total. The molecule has 0 aromatic carbocycles. The molecule has 7 aromatic heterocycles. The summed E-state index contributed by atoms with van der Waals surface area (Å²) in [7, 11) is 1.00. The Morgan fingerprint density at radius 1 is 0.671 bits per heavy atom. The summed E-state index contributed by atoms with van der Waals surface area (Å²) < 4.78 is 45.5. The van der Waals surface area contributed by atoms with Gasteiger partial charge in [-0.05, 0) is 126 Å². The summed E-state index contributed by atoms with van der Waals surface area (Å²) in [4.78, 5) is 53.3. The molecule has 3 aliphatic heterocycles. The summed E-state index contributed by atoms with van der Waals surface area (Å²) in [6, 6.07) is 8.10. The summed E-state index contributed by atoms with van der Waals surface area (Å²) in [5.41, 5.74) is 8.02. The van der Waals surface area contributed by atoms with Gasteiger partial charge in [-0.15, -0.1) is 12.1 Å². The molecule has 3 atom stereocenters. The van der Waals surface area contributed by atoms with Gasteiger partial charge in [-0.1, -0.05) is 75.5 Å². The molecule has 0 radical (unpaired) electrons. The molecule has 10 heterocycles. The van der Waals surface area contributed by atoms with Gasteiger partial charge in [0.05, 0.1) is 48.7 Å². The quantitative estimate of drug-likeness (QED) is 0.186. The first kappa shape index (κ1) is 79.0. The molecule has 0 spiro atoms. The monoisotopic (exact) mass is 1180 g/mol. The van der Waals surface area contributed by atoms with Crippen LogP contribution in [0.25, 0.3) is 16.6 Å². The van der Waals surface area contributed by atoms with Crippen LogP contribution in [-0.4, -0.2) is 84.4 Å². The number of hydrogen-bond donors (Lipinski definition) is 1. The van der Waals surface area contributed by atoms with Crippen LogP contribution in [0, 0.1) is 35.5 Å². The minimum atomic E-state index is -4.75. The second-order valence-electron chi connectivity index (χ2n) is 19.4. The minimum Gasteiger partial charge on any atom is -0.870 e. The van der Waals surface area contributed by atoms with Crippen molar-refractivity contribution >= 4 is 51.8 Å². The van der Waals surface area contributed by atoms with Crippen molar-refractivity contribution < 1.29 is 113 Å². The zero-order chi connectivity index (χ0) is 56.3. The fourth-order valence-electron chi connectivity index (χ4n) is 8.31. The van der Waals surface area contributed by atoms with E-state index in [1.54, 1.807) is 12.7 Å². The minimum absolute atomic E-state index is 0. The molecule has 0 amide bonds. The van der Waals surface area contributed by atoms with E-state index in [1.807, 2.05) is 83.8 Å². The number of aliphatic hydroxyl groups is 1. The first-order valence-electron chi connectivity index (χ1n) is 25.1. The van der Waals surface area contributed by atoms with E-state index < -0.39 is 12.4 Å². The number of pyridine rings is 2. The number of aryl methyl sites for hydroxylation is 4. The molecule has 0 saturated carbocycles. The Morgan fingerprint density at radius 2 is 1.05 bits per heavy atom. The molecule has 3 aliphatic rings. The van der Waals surface area contributed by atoms with Gasteiger partial charge in [0.1, 0.15) is 5.82 Å². The van der Waals surface area contributed by atoms with Crippen LogP contribution in [0.3, 0.4) is 0 Å². The van der Waals surface area contributed by atoms with Crippen LogP contribution in [-0.2, 0) is 64.5 Å². The van der Waals surface area contributed by atoms with Crippen LogP contribution >= 0.6 is 15.9 Å². The third-order valence-corrected chi connectivity index (χ3v) is 13.7. The Bertz CT molecular complexity index is 2770. The van der Waals surface area contributed by atoms with Crippen molar-refractivity contribution in [3.63, 3.8) is 0 Å². The fraction of sp³-hybridized carbons (Fsp3) is 0.482. The van der Waals surface area contributed by atoms with Crippen LogP contribution in [0.15, 0.2) is 116 Å². The molecule has 0 fully saturated rings. The van der Waals surface area contributed by atoms with E-state index in [4.69, 9.17) is 24.3 Å². The Labute approximate surface area is 528 Å². The predicted molar refractivity (Wildman–Crippen MR) is 300 cm³/mol. The number of halogens is 4. The number of fused-ring (bicyclic) bond motifs is 5. The summed E-state index contributed by atoms with van der Waals surface area (Å²) in [6.07, 6.45) is 30.4. The molecule has 0 bridgehead atoms. The molecule has 79 heavy (non-hydrogen) atoms. The Kier molecular flexibility index (Phi) is 41.7. The molecular formula is C56H81BBrF3KLiN10O6. The van der Waals surface area contributed by atoms with Crippen LogP contribution < -0.4 is 70.2 Å². The summed E-state index contributed by atoms with van der Waals surface area (Å²) in [5.74, 6) is 6.24. The van der Waals surface area contributed by atoms with E-state index in [1.165, 1.54) is 81.1 Å². The maximum absolute atomic E-state index is 11.1. The van der Waals surface area contributed by atoms with Gasteiger partial charge in [-0.2, -0.15) is 19.2 Å². The van der Waals surface area contributed by atoms with E-state index in [0.29, 0.717) is 0 Å².